The predicted octanol–water partition coefficient (Wildman–Crippen LogP) is 2.53. The summed E-state index contributed by atoms with van der Waals surface area (Å²) in [6.45, 7) is 13.9. The van der Waals surface area contributed by atoms with E-state index in [1.165, 1.54) is 24.3 Å². The monoisotopic (exact) mass is 328 g/mol. The summed E-state index contributed by atoms with van der Waals surface area (Å²) in [5, 5.41) is 18.7. The van der Waals surface area contributed by atoms with Crippen molar-refractivity contribution in [3.05, 3.63) is 91.2 Å². The lowest BCUT2D eigenvalue weighted by molar-refractivity contribution is 0.0452. The molecule has 1 aliphatic rings. The van der Waals surface area contributed by atoms with Crippen LogP contribution < -0.4 is 10.4 Å². The van der Waals surface area contributed by atoms with Gasteiger partial charge < -0.3 is 0 Å². The van der Waals surface area contributed by atoms with E-state index in [0.29, 0.717) is 10.4 Å². The highest BCUT2D eigenvalue weighted by atomic mass is 19.3. The van der Waals surface area contributed by atoms with Crippen LogP contribution in [0.4, 0.5) is 8.78 Å². The van der Waals surface area contributed by atoms with Gasteiger partial charge in [0, 0.05) is 16.3 Å². The van der Waals surface area contributed by atoms with Gasteiger partial charge in [0.25, 0.3) is 5.92 Å². The molecule has 0 unspecified atom stereocenters. The van der Waals surface area contributed by atoms with Crippen molar-refractivity contribution in [1.29, 1.82) is 10.5 Å². The Bertz CT molecular complexity index is 1180. The first-order valence-electron chi connectivity index (χ1n) is 6.95. The maximum absolute atomic E-state index is 14.9. The first-order valence-corrected chi connectivity index (χ1v) is 6.95. The topological polar surface area (TPSA) is 56.3 Å². The van der Waals surface area contributed by atoms with E-state index >= 15 is 0 Å². The number of benzene rings is 2. The first kappa shape index (κ1) is 15.9. The Balaban J connectivity index is 2.48. The van der Waals surface area contributed by atoms with E-state index in [2.05, 4.69) is 9.69 Å². The SMILES string of the molecule is [C-]#[N+]C([N+]#[C-])=c1ccc2c(c1)C(F)(F)c1cc(=C(C#N)C#N)ccc1=2. The standard InChI is InChI=1S/C19H6F2N4/c1-24-18(25-2)12-4-6-15-14-5-3-11(13(9-22)10-23)7-16(14)19(20,21)17(15)8-12/h3-8H. The highest BCUT2D eigenvalue weighted by Gasteiger charge is 2.40. The van der Waals surface area contributed by atoms with Crippen LogP contribution in [-0.4, -0.2) is 0 Å². The molecular weight excluding hydrogens is 322 g/mol. The van der Waals surface area contributed by atoms with Crippen LogP contribution >= 0.6 is 0 Å². The minimum Gasteiger partial charge on any atom is -0.196 e. The van der Waals surface area contributed by atoms with E-state index in [1.807, 2.05) is 0 Å². The van der Waals surface area contributed by atoms with Crippen LogP contribution in [0.1, 0.15) is 11.1 Å². The minimum absolute atomic E-state index is 0.131. The fraction of sp³-hybridized carbons (Fsp3) is 0.0526. The predicted molar refractivity (Wildman–Crippen MR) is 84.0 cm³/mol. The zero-order valence-corrected chi connectivity index (χ0v) is 12.5. The van der Waals surface area contributed by atoms with Gasteiger partial charge in [-0.1, -0.05) is 24.3 Å². The summed E-state index contributed by atoms with van der Waals surface area (Å²) >= 11 is 0. The number of halogens is 2. The van der Waals surface area contributed by atoms with Gasteiger partial charge in [-0.25, -0.2) is 0 Å². The van der Waals surface area contributed by atoms with Crippen molar-refractivity contribution in [3.63, 3.8) is 0 Å². The second kappa shape index (κ2) is 5.57. The van der Waals surface area contributed by atoms with E-state index < -0.39 is 5.92 Å². The third-order valence-electron chi connectivity index (χ3n) is 3.99. The summed E-state index contributed by atoms with van der Waals surface area (Å²) < 4.78 is 29.8. The molecule has 2 aromatic rings. The van der Waals surface area contributed by atoms with Gasteiger partial charge in [0.2, 0.25) is 0 Å². The third kappa shape index (κ3) is 2.22. The third-order valence-corrected chi connectivity index (χ3v) is 3.99. The molecular formula is C19H6F2N4. The molecule has 0 amide bonds. The zero-order chi connectivity index (χ0) is 18.2. The fourth-order valence-corrected chi connectivity index (χ4v) is 2.83. The van der Waals surface area contributed by atoms with Gasteiger partial charge in [-0.15, -0.1) is 0 Å². The highest BCUT2D eigenvalue weighted by molar-refractivity contribution is 5.72. The van der Waals surface area contributed by atoms with Crippen molar-refractivity contribution >= 4 is 11.4 Å². The lowest BCUT2D eigenvalue weighted by Gasteiger charge is -2.12. The Labute approximate surface area is 140 Å². The Morgan fingerprint density at radius 3 is 1.84 bits per heavy atom. The van der Waals surface area contributed by atoms with E-state index in [9.17, 15) is 8.78 Å². The summed E-state index contributed by atoms with van der Waals surface area (Å²) in [6.07, 6.45) is 0. The largest absolute Gasteiger partial charge is 0.526 e. The van der Waals surface area contributed by atoms with E-state index in [4.69, 9.17) is 23.7 Å². The van der Waals surface area contributed by atoms with Crippen molar-refractivity contribution in [2.75, 3.05) is 0 Å². The van der Waals surface area contributed by atoms with Crippen LogP contribution in [0.25, 0.3) is 21.1 Å². The molecule has 0 aromatic heterocycles. The number of nitriles is 2. The average Bonchev–Trinajstić information content (AvgIpc) is 2.85. The number of nitrogens with zero attached hydrogens (tertiary/aromatic N) is 4. The molecule has 116 valence electrons. The summed E-state index contributed by atoms with van der Waals surface area (Å²) in [5.74, 6) is -3.62. The second-order valence-electron chi connectivity index (χ2n) is 5.24. The normalized spacial score (nSPS) is 12.6. The van der Waals surface area contributed by atoms with Crippen molar-refractivity contribution < 1.29 is 8.78 Å². The lowest BCUT2D eigenvalue weighted by Crippen LogP contribution is -2.18. The summed E-state index contributed by atoms with van der Waals surface area (Å²) in [4.78, 5) is 6.10. The van der Waals surface area contributed by atoms with E-state index in [1.54, 1.807) is 12.1 Å². The lowest BCUT2D eigenvalue weighted by atomic mass is 10.0. The zero-order valence-electron chi connectivity index (χ0n) is 12.5. The molecule has 2 aromatic carbocycles. The Morgan fingerprint density at radius 1 is 0.880 bits per heavy atom. The van der Waals surface area contributed by atoms with Gasteiger partial charge in [-0.3, -0.25) is 0 Å². The van der Waals surface area contributed by atoms with Crippen LogP contribution in [0.3, 0.4) is 0 Å². The highest BCUT2D eigenvalue weighted by Crippen LogP contribution is 2.40. The van der Waals surface area contributed by atoms with Gasteiger partial charge in [-0.05, 0) is 22.6 Å². The van der Waals surface area contributed by atoms with Gasteiger partial charge in [0.05, 0.1) is 5.22 Å². The quantitative estimate of drug-likeness (QED) is 0.698. The molecule has 0 heterocycles. The Morgan fingerprint density at radius 2 is 1.36 bits per heavy atom. The van der Waals surface area contributed by atoms with Gasteiger partial charge in [0.1, 0.15) is 30.9 Å². The Kier molecular flexibility index (Phi) is 3.54. The van der Waals surface area contributed by atoms with Crippen LogP contribution in [0.5, 0.6) is 0 Å². The Hall–Kier alpha value is -4.00. The number of hydrogen-bond acceptors (Lipinski definition) is 2. The number of fused-ring (bicyclic) bond motifs is 2. The molecule has 0 spiro atoms. The smallest absolute Gasteiger partial charge is 0.196 e. The van der Waals surface area contributed by atoms with Crippen molar-refractivity contribution in [1.82, 2.24) is 0 Å². The van der Waals surface area contributed by atoms with Crippen molar-refractivity contribution in [3.8, 4) is 12.1 Å². The van der Waals surface area contributed by atoms with E-state index in [0.717, 1.165) is 12.1 Å². The molecule has 25 heavy (non-hydrogen) atoms. The van der Waals surface area contributed by atoms with Crippen LogP contribution in [0.2, 0.25) is 0 Å². The minimum atomic E-state index is -3.35. The second-order valence-corrected chi connectivity index (χ2v) is 5.24. The molecule has 0 saturated heterocycles. The van der Waals surface area contributed by atoms with E-state index in [-0.39, 0.29) is 33.0 Å². The first-order chi connectivity index (χ1) is 12.0. The molecule has 0 bridgehead atoms. The molecule has 0 aliphatic heterocycles. The van der Waals surface area contributed by atoms with Crippen molar-refractivity contribution in [2.24, 2.45) is 0 Å². The number of rotatable bonds is 0. The fourth-order valence-electron chi connectivity index (χ4n) is 2.83. The van der Waals surface area contributed by atoms with Crippen molar-refractivity contribution in [2.45, 2.75) is 5.92 Å². The average molecular weight is 328 g/mol. The summed E-state index contributed by atoms with van der Waals surface area (Å²) in [5.41, 5.74) is -0.836. The van der Waals surface area contributed by atoms with Gasteiger partial charge >= 0.3 is 5.82 Å². The molecule has 4 nitrogen and oxygen atoms in total. The van der Waals surface area contributed by atoms with Gasteiger partial charge in [-0.2, -0.15) is 29.0 Å². The molecule has 3 rings (SSSR count). The maximum Gasteiger partial charge on any atom is 0.526 e. The molecule has 0 radical (unpaired) electrons. The van der Waals surface area contributed by atoms with Crippen LogP contribution in [0, 0.1) is 46.2 Å². The summed E-state index contributed by atoms with van der Waals surface area (Å²) in [6, 6.07) is 11.5. The van der Waals surface area contributed by atoms with Gasteiger partial charge in [0.15, 0.2) is 0 Å². The molecule has 0 N–H and O–H groups in total. The molecule has 1 aliphatic carbocycles. The molecule has 0 saturated carbocycles. The summed E-state index contributed by atoms with van der Waals surface area (Å²) in [7, 11) is 0. The van der Waals surface area contributed by atoms with Crippen LogP contribution in [0.15, 0.2) is 36.4 Å². The van der Waals surface area contributed by atoms with Crippen LogP contribution in [-0.2, 0) is 5.92 Å². The molecule has 0 atom stereocenters. The number of alkyl halides is 2. The molecule has 0 fully saturated rings. The molecule has 6 heteroatoms. The number of hydrogen-bond donors (Lipinski definition) is 0. The maximum atomic E-state index is 14.9.